The molecular formula is C16H14FN2O+. The fourth-order valence-corrected chi connectivity index (χ4v) is 2.31. The first-order valence-corrected chi connectivity index (χ1v) is 6.47. The Labute approximate surface area is 116 Å². The highest BCUT2D eigenvalue weighted by Gasteiger charge is 2.28. The summed E-state index contributed by atoms with van der Waals surface area (Å²) in [7, 11) is 0. The second kappa shape index (κ2) is 4.96. The highest BCUT2D eigenvalue weighted by Crippen LogP contribution is 2.19. The van der Waals surface area contributed by atoms with Gasteiger partial charge in [-0.3, -0.25) is 4.79 Å². The van der Waals surface area contributed by atoms with Crippen molar-refractivity contribution in [2.24, 2.45) is 11.0 Å². The number of halogens is 1. The Morgan fingerprint density at radius 3 is 2.75 bits per heavy atom. The number of hydrogen-bond acceptors (Lipinski definition) is 2. The summed E-state index contributed by atoms with van der Waals surface area (Å²) >= 11 is 0. The van der Waals surface area contributed by atoms with Crippen molar-refractivity contribution >= 4 is 17.7 Å². The third-order valence-corrected chi connectivity index (χ3v) is 3.38. The summed E-state index contributed by atoms with van der Waals surface area (Å²) in [5, 5.41) is 4.48. The molecule has 1 unspecified atom stereocenters. The molecule has 3 rings (SSSR count). The number of benzene rings is 1. The molecule has 0 aromatic heterocycles. The van der Waals surface area contributed by atoms with Crippen LogP contribution in [0.2, 0.25) is 0 Å². The average Bonchev–Trinajstić information content (AvgIpc) is 2.82. The van der Waals surface area contributed by atoms with Crippen LogP contribution in [0.3, 0.4) is 0 Å². The van der Waals surface area contributed by atoms with Crippen molar-refractivity contribution in [3.8, 4) is 0 Å². The van der Waals surface area contributed by atoms with Gasteiger partial charge in [0, 0.05) is 11.1 Å². The monoisotopic (exact) mass is 269 g/mol. The van der Waals surface area contributed by atoms with E-state index in [1.54, 1.807) is 25.1 Å². The van der Waals surface area contributed by atoms with Crippen molar-refractivity contribution in [2.45, 2.75) is 13.5 Å². The Morgan fingerprint density at radius 1 is 1.30 bits per heavy atom. The van der Waals surface area contributed by atoms with E-state index in [0.717, 1.165) is 11.3 Å². The van der Waals surface area contributed by atoms with Crippen molar-refractivity contribution in [3.63, 3.8) is 0 Å². The fraction of sp³-hybridized carbons (Fsp3) is 0.188. The molecule has 0 amide bonds. The highest BCUT2D eigenvalue weighted by molar-refractivity contribution is 6.12. The van der Waals surface area contributed by atoms with E-state index >= 15 is 0 Å². The van der Waals surface area contributed by atoms with Crippen molar-refractivity contribution in [1.29, 1.82) is 0 Å². The summed E-state index contributed by atoms with van der Waals surface area (Å²) in [4.78, 5) is 11.4. The zero-order valence-electron chi connectivity index (χ0n) is 11.1. The molecule has 1 aliphatic carbocycles. The van der Waals surface area contributed by atoms with Gasteiger partial charge in [-0.2, -0.15) is 0 Å². The zero-order valence-corrected chi connectivity index (χ0v) is 11.1. The molecule has 0 N–H and O–H groups in total. The number of carbonyl (C=O) groups is 1. The molecule has 0 bridgehead atoms. The standard InChI is InChI=1S/C16H14FN2O/c1-11(20)13-4-7-16-14(8-13)10-19(18-16)9-12-2-5-15(17)6-3-12/h2-8,10,14H,9H2,1H3/q+1. The fourth-order valence-electron chi connectivity index (χ4n) is 2.31. The van der Waals surface area contributed by atoms with Crippen LogP contribution in [0, 0.1) is 11.7 Å². The molecular weight excluding hydrogens is 255 g/mol. The average molecular weight is 269 g/mol. The maximum atomic E-state index is 12.9. The van der Waals surface area contributed by atoms with Crippen LogP contribution in [0.4, 0.5) is 4.39 Å². The zero-order chi connectivity index (χ0) is 14.1. The van der Waals surface area contributed by atoms with Crippen LogP contribution in [0.5, 0.6) is 0 Å². The lowest BCUT2D eigenvalue weighted by Gasteiger charge is -2.05. The van der Waals surface area contributed by atoms with Crippen LogP contribution in [0.15, 0.2) is 53.2 Å². The lowest BCUT2D eigenvalue weighted by molar-refractivity contribution is -0.542. The van der Waals surface area contributed by atoms with Gasteiger partial charge < -0.3 is 0 Å². The first-order chi connectivity index (χ1) is 9.61. The molecule has 1 heterocycles. The highest BCUT2D eigenvalue weighted by atomic mass is 19.1. The molecule has 0 saturated carbocycles. The van der Waals surface area contributed by atoms with Crippen molar-refractivity contribution in [1.82, 2.24) is 0 Å². The van der Waals surface area contributed by atoms with Crippen molar-refractivity contribution < 1.29 is 13.9 Å². The molecule has 0 spiro atoms. The van der Waals surface area contributed by atoms with E-state index in [2.05, 4.69) is 5.10 Å². The molecule has 1 aromatic carbocycles. The number of rotatable bonds is 3. The molecule has 0 saturated heterocycles. The van der Waals surface area contributed by atoms with E-state index in [0.29, 0.717) is 12.1 Å². The van der Waals surface area contributed by atoms with Gasteiger partial charge in [0.2, 0.25) is 0 Å². The number of nitrogens with zero attached hydrogens (tertiary/aromatic N) is 2. The van der Waals surface area contributed by atoms with Crippen LogP contribution in [-0.4, -0.2) is 22.4 Å². The Hall–Kier alpha value is -2.36. The molecule has 100 valence electrons. The van der Waals surface area contributed by atoms with E-state index in [1.165, 1.54) is 12.1 Å². The normalized spacial score (nSPS) is 20.1. The quantitative estimate of drug-likeness (QED) is 0.776. The molecule has 1 atom stereocenters. The molecule has 2 aliphatic rings. The van der Waals surface area contributed by atoms with Gasteiger partial charge in [0.25, 0.3) is 0 Å². The number of carbonyl (C=O) groups excluding carboxylic acids is 1. The molecule has 0 fully saturated rings. The summed E-state index contributed by atoms with van der Waals surface area (Å²) in [6.45, 7) is 2.15. The van der Waals surface area contributed by atoms with Gasteiger partial charge in [0.1, 0.15) is 17.4 Å². The second-order valence-electron chi connectivity index (χ2n) is 4.94. The van der Waals surface area contributed by atoms with Gasteiger partial charge in [-0.05, 0) is 48.4 Å². The van der Waals surface area contributed by atoms with E-state index < -0.39 is 0 Å². The molecule has 1 aromatic rings. The summed E-state index contributed by atoms with van der Waals surface area (Å²) in [6, 6.07) is 6.38. The van der Waals surface area contributed by atoms with Crippen LogP contribution >= 0.6 is 0 Å². The summed E-state index contributed by atoms with van der Waals surface area (Å²) in [5.41, 5.74) is 2.64. The minimum absolute atomic E-state index is 0.0550. The van der Waals surface area contributed by atoms with Gasteiger partial charge in [-0.1, -0.05) is 10.8 Å². The number of fused-ring (bicyclic) bond motifs is 1. The Kier molecular flexibility index (Phi) is 3.14. The van der Waals surface area contributed by atoms with Crippen LogP contribution in [-0.2, 0) is 11.3 Å². The van der Waals surface area contributed by atoms with E-state index in [-0.39, 0.29) is 17.5 Å². The van der Waals surface area contributed by atoms with Gasteiger partial charge in [-0.15, -0.1) is 0 Å². The molecule has 1 aliphatic heterocycles. The summed E-state index contributed by atoms with van der Waals surface area (Å²) in [5.74, 6) is -0.124. The number of ketones is 1. The number of allylic oxidation sites excluding steroid dienone is 4. The van der Waals surface area contributed by atoms with E-state index in [4.69, 9.17) is 0 Å². The van der Waals surface area contributed by atoms with Gasteiger partial charge in [0.05, 0.1) is 0 Å². The summed E-state index contributed by atoms with van der Waals surface area (Å²) in [6.07, 6.45) is 7.58. The lowest BCUT2D eigenvalue weighted by atomic mass is 9.94. The SMILES string of the molecule is CC(=O)C1=CC2C=[N+](Cc3ccc(F)cc3)N=C2C=C1. The molecule has 4 heteroatoms. The maximum Gasteiger partial charge on any atom is 0.199 e. The van der Waals surface area contributed by atoms with Gasteiger partial charge in [-0.25, -0.2) is 4.39 Å². The number of hydrazone groups is 1. The largest absolute Gasteiger partial charge is 0.295 e. The van der Waals surface area contributed by atoms with E-state index in [9.17, 15) is 9.18 Å². The van der Waals surface area contributed by atoms with Gasteiger partial charge >= 0.3 is 0 Å². The maximum absolute atomic E-state index is 12.9. The Balaban J connectivity index is 1.79. The molecule has 20 heavy (non-hydrogen) atoms. The van der Waals surface area contributed by atoms with Crippen LogP contribution < -0.4 is 0 Å². The topological polar surface area (TPSA) is 32.4 Å². The van der Waals surface area contributed by atoms with Gasteiger partial charge in [0.15, 0.2) is 18.5 Å². The van der Waals surface area contributed by atoms with Crippen molar-refractivity contribution in [2.75, 3.05) is 0 Å². The Bertz CT molecular complexity index is 681. The first-order valence-electron chi connectivity index (χ1n) is 6.47. The van der Waals surface area contributed by atoms with Crippen LogP contribution in [0.25, 0.3) is 0 Å². The van der Waals surface area contributed by atoms with E-state index in [1.807, 2.05) is 23.1 Å². The van der Waals surface area contributed by atoms with Crippen molar-refractivity contribution in [3.05, 3.63) is 59.4 Å². The van der Waals surface area contributed by atoms with Crippen LogP contribution in [0.1, 0.15) is 12.5 Å². The predicted octanol–water partition coefficient (Wildman–Crippen LogP) is 2.48. The Morgan fingerprint density at radius 2 is 2.05 bits per heavy atom. The smallest absolute Gasteiger partial charge is 0.199 e. The number of hydrogen-bond donors (Lipinski definition) is 0. The predicted molar refractivity (Wildman–Crippen MR) is 75.3 cm³/mol. The minimum atomic E-state index is -0.240. The minimum Gasteiger partial charge on any atom is -0.295 e. The third-order valence-electron chi connectivity index (χ3n) is 3.38. The lowest BCUT2D eigenvalue weighted by Crippen LogP contribution is -2.13. The molecule has 3 nitrogen and oxygen atoms in total. The third kappa shape index (κ3) is 2.50. The number of Topliss-reactive ketones (excluding diaryl/α,β-unsaturated/α-hetero) is 1. The molecule has 0 radical (unpaired) electrons. The first kappa shape index (κ1) is 12.7. The summed E-state index contributed by atoms with van der Waals surface area (Å²) < 4.78 is 14.7. The second-order valence-corrected chi connectivity index (χ2v) is 4.94.